The number of nitrogens with zero attached hydrogens (tertiary/aromatic N) is 2. The lowest BCUT2D eigenvalue weighted by Crippen LogP contribution is -2.12. The van der Waals surface area contributed by atoms with Crippen LogP contribution < -0.4 is 5.32 Å². The summed E-state index contributed by atoms with van der Waals surface area (Å²) in [6, 6.07) is 9.21. The van der Waals surface area contributed by atoms with E-state index in [-0.39, 0.29) is 11.7 Å². The molecule has 25 heavy (non-hydrogen) atoms. The lowest BCUT2D eigenvalue weighted by atomic mass is 10.1. The second-order valence-corrected chi connectivity index (χ2v) is 6.52. The normalized spacial score (nSPS) is 11.4. The summed E-state index contributed by atoms with van der Waals surface area (Å²) in [4.78, 5) is 12.0. The zero-order chi connectivity index (χ0) is 18.0. The molecule has 1 amide bonds. The highest BCUT2D eigenvalue weighted by Gasteiger charge is 2.30. The van der Waals surface area contributed by atoms with Crippen LogP contribution >= 0.6 is 22.9 Å². The Balaban J connectivity index is 1.73. The first-order valence-corrected chi connectivity index (χ1v) is 8.15. The number of hydrogen-bond acceptors (Lipinski definition) is 4. The fourth-order valence-electron chi connectivity index (χ4n) is 2.00. The SMILES string of the molecule is O=C(Nc1ccc(-c2ccc(C(F)(F)F)cc2)nn1)c1csc(Cl)c1. The Morgan fingerprint density at radius 3 is 2.32 bits per heavy atom. The summed E-state index contributed by atoms with van der Waals surface area (Å²) in [5.74, 6) is -0.150. The van der Waals surface area contributed by atoms with E-state index in [0.29, 0.717) is 21.2 Å². The predicted octanol–water partition coefficient (Wildman–Crippen LogP) is 5.13. The van der Waals surface area contributed by atoms with Gasteiger partial charge in [0, 0.05) is 10.9 Å². The van der Waals surface area contributed by atoms with E-state index in [2.05, 4.69) is 15.5 Å². The van der Waals surface area contributed by atoms with Gasteiger partial charge in [0.2, 0.25) is 0 Å². The van der Waals surface area contributed by atoms with Crippen LogP contribution in [0.1, 0.15) is 15.9 Å². The number of halogens is 4. The monoisotopic (exact) mass is 383 g/mol. The van der Waals surface area contributed by atoms with Crippen molar-refractivity contribution < 1.29 is 18.0 Å². The summed E-state index contributed by atoms with van der Waals surface area (Å²) >= 11 is 7.01. The fraction of sp³-hybridized carbons (Fsp3) is 0.0625. The maximum atomic E-state index is 12.6. The molecule has 0 aliphatic rings. The van der Waals surface area contributed by atoms with Gasteiger partial charge in [-0.1, -0.05) is 23.7 Å². The van der Waals surface area contributed by atoms with E-state index in [1.165, 1.54) is 35.6 Å². The third-order valence-electron chi connectivity index (χ3n) is 3.24. The maximum absolute atomic E-state index is 12.6. The van der Waals surface area contributed by atoms with Gasteiger partial charge in [0.15, 0.2) is 5.82 Å². The van der Waals surface area contributed by atoms with Crippen LogP contribution in [0.2, 0.25) is 4.34 Å². The van der Waals surface area contributed by atoms with Crippen LogP contribution in [0, 0.1) is 0 Å². The van der Waals surface area contributed by atoms with Gasteiger partial charge in [0.1, 0.15) is 0 Å². The molecule has 1 aromatic carbocycles. The highest BCUT2D eigenvalue weighted by molar-refractivity contribution is 7.14. The Kier molecular flexibility index (Phi) is 4.73. The molecule has 128 valence electrons. The summed E-state index contributed by atoms with van der Waals surface area (Å²) in [6.45, 7) is 0. The van der Waals surface area contributed by atoms with Gasteiger partial charge in [-0.25, -0.2) is 0 Å². The molecule has 2 heterocycles. The van der Waals surface area contributed by atoms with Crippen molar-refractivity contribution in [2.24, 2.45) is 0 Å². The molecule has 0 radical (unpaired) electrons. The topological polar surface area (TPSA) is 54.9 Å². The van der Waals surface area contributed by atoms with Gasteiger partial charge in [-0.15, -0.1) is 21.5 Å². The van der Waals surface area contributed by atoms with E-state index in [1.54, 1.807) is 11.4 Å². The molecule has 0 aliphatic heterocycles. The number of thiophene rings is 1. The van der Waals surface area contributed by atoms with Crippen LogP contribution in [0.5, 0.6) is 0 Å². The van der Waals surface area contributed by atoms with Crippen molar-refractivity contribution in [1.29, 1.82) is 0 Å². The minimum atomic E-state index is -4.39. The van der Waals surface area contributed by atoms with Gasteiger partial charge in [0.05, 0.1) is 21.2 Å². The molecule has 0 bridgehead atoms. The first-order valence-electron chi connectivity index (χ1n) is 6.90. The van der Waals surface area contributed by atoms with Gasteiger partial charge in [-0.05, 0) is 30.3 Å². The van der Waals surface area contributed by atoms with E-state index in [0.717, 1.165) is 12.1 Å². The highest BCUT2D eigenvalue weighted by atomic mass is 35.5. The molecule has 0 saturated carbocycles. The molecular weight excluding hydrogens is 375 g/mol. The molecular formula is C16H9ClF3N3OS. The third-order valence-corrected chi connectivity index (χ3v) is 4.33. The van der Waals surface area contributed by atoms with Crippen molar-refractivity contribution in [3.63, 3.8) is 0 Å². The molecule has 2 aromatic heterocycles. The fourth-order valence-corrected chi connectivity index (χ4v) is 2.86. The van der Waals surface area contributed by atoms with Crippen molar-refractivity contribution in [2.45, 2.75) is 6.18 Å². The van der Waals surface area contributed by atoms with Gasteiger partial charge in [-0.3, -0.25) is 4.79 Å². The van der Waals surface area contributed by atoms with Crippen LogP contribution in [-0.4, -0.2) is 16.1 Å². The van der Waals surface area contributed by atoms with Gasteiger partial charge in [0.25, 0.3) is 5.91 Å². The van der Waals surface area contributed by atoms with Crippen LogP contribution in [0.3, 0.4) is 0 Å². The van der Waals surface area contributed by atoms with Gasteiger partial charge < -0.3 is 5.32 Å². The number of amides is 1. The second kappa shape index (κ2) is 6.81. The first kappa shape index (κ1) is 17.4. The van der Waals surface area contributed by atoms with Crippen LogP contribution in [0.25, 0.3) is 11.3 Å². The number of carbonyl (C=O) groups excluding carboxylic acids is 1. The van der Waals surface area contributed by atoms with Crippen molar-refractivity contribution in [3.05, 3.63) is 63.3 Å². The van der Waals surface area contributed by atoms with E-state index in [4.69, 9.17) is 11.6 Å². The third kappa shape index (κ3) is 4.15. The Morgan fingerprint density at radius 1 is 1.08 bits per heavy atom. The Hall–Kier alpha value is -2.45. The predicted molar refractivity (Wildman–Crippen MR) is 89.8 cm³/mol. The average molecular weight is 384 g/mol. The van der Waals surface area contributed by atoms with Crippen LogP contribution in [0.15, 0.2) is 47.8 Å². The number of rotatable bonds is 3. The minimum absolute atomic E-state index is 0.225. The van der Waals surface area contributed by atoms with Gasteiger partial charge >= 0.3 is 6.18 Å². The van der Waals surface area contributed by atoms with E-state index in [9.17, 15) is 18.0 Å². The Bertz CT molecular complexity index is 892. The van der Waals surface area contributed by atoms with E-state index < -0.39 is 11.7 Å². The molecule has 3 rings (SSSR count). The average Bonchev–Trinajstić information content (AvgIpc) is 3.02. The number of aromatic nitrogens is 2. The van der Waals surface area contributed by atoms with E-state index >= 15 is 0 Å². The number of carbonyl (C=O) groups is 1. The van der Waals surface area contributed by atoms with Crippen molar-refractivity contribution in [2.75, 3.05) is 5.32 Å². The van der Waals surface area contributed by atoms with Crippen LogP contribution in [0.4, 0.5) is 19.0 Å². The zero-order valence-electron chi connectivity index (χ0n) is 12.3. The maximum Gasteiger partial charge on any atom is 0.416 e. The van der Waals surface area contributed by atoms with E-state index in [1.807, 2.05) is 0 Å². The lowest BCUT2D eigenvalue weighted by Gasteiger charge is -2.07. The molecule has 9 heteroatoms. The molecule has 0 aliphatic carbocycles. The largest absolute Gasteiger partial charge is 0.416 e. The smallest absolute Gasteiger partial charge is 0.305 e. The number of nitrogens with one attached hydrogen (secondary N) is 1. The summed E-state index contributed by atoms with van der Waals surface area (Å²) in [5.41, 5.74) is 0.555. The molecule has 0 unspecified atom stereocenters. The van der Waals surface area contributed by atoms with Crippen LogP contribution in [-0.2, 0) is 6.18 Å². The molecule has 0 fully saturated rings. The summed E-state index contributed by atoms with van der Waals surface area (Å²) in [7, 11) is 0. The number of alkyl halides is 3. The quantitative estimate of drug-likeness (QED) is 0.682. The summed E-state index contributed by atoms with van der Waals surface area (Å²) in [5, 5.41) is 12.0. The minimum Gasteiger partial charge on any atom is -0.305 e. The number of hydrogen-bond donors (Lipinski definition) is 1. The van der Waals surface area contributed by atoms with Crippen molar-refractivity contribution in [1.82, 2.24) is 10.2 Å². The summed E-state index contributed by atoms with van der Waals surface area (Å²) in [6.07, 6.45) is -4.39. The Morgan fingerprint density at radius 2 is 1.80 bits per heavy atom. The molecule has 1 N–H and O–H groups in total. The molecule has 0 saturated heterocycles. The molecule has 0 atom stereocenters. The van der Waals surface area contributed by atoms with Crippen molar-refractivity contribution >= 4 is 34.7 Å². The number of benzene rings is 1. The molecule has 0 spiro atoms. The standard InChI is InChI=1S/C16H9ClF3N3OS/c17-13-7-10(8-25-13)15(24)21-14-6-5-12(22-23-14)9-1-3-11(4-2-9)16(18,19)20/h1-8H,(H,21,23,24). The number of anilines is 1. The lowest BCUT2D eigenvalue weighted by molar-refractivity contribution is -0.137. The first-order chi connectivity index (χ1) is 11.8. The highest BCUT2D eigenvalue weighted by Crippen LogP contribution is 2.30. The summed E-state index contributed by atoms with van der Waals surface area (Å²) < 4.78 is 38.2. The zero-order valence-corrected chi connectivity index (χ0v) is 13.9. The van der Waals surface area contributed by atoms with Crippen molar-refractivity contribution in [3.8, 4) is 11.3 Å². The Labute approximate surface area is 149 Å². The van der Waals surface area contributed by atoms with Gasteiger partial charge in [-0.2, -0.15) is 13.2 Å². The molecule has 4 nitrogen and oxygen atoms in total. The second-order valence-electron chi connectivity index (χ2n) is 4.97. The molecule has 3 aromatic rings.